The number of fused-ring (bicyclic) bond motifs is 1. The number of benzene rings is 1. The molecule has 0 amide bonds. The van der Waals surface area contributed by atoms with E-state index in [1.807, 2.05) is 10.6 Å². The van der Waals surface area contributed by atoms with Crippen LogP contribution in [0.15, 0.2) is 35.5 Å². The van der Waals surface area contributed by atoms with Gasteiger partial charge in [0, 0.05) is 19.0 Å². The average Bonchev–Trinajstić information content (AvgIpc) is 3.01. The van der Waals surface area contributed by atoms with Crippen molar-refractivity contribution in [3.05, 3.63) is 35.4 Å². The number of hydrogen-bond donors (Lipinski definition) is 1. The van der Waals surface area contributed by atoms with E-state index >= 15 is 0 Å². The van der Waals surface area contributed by atoms with Crippen molar-refractivity contribution < 1.29 is 8.42 Å². The molecule has 9 heteroatoms. The maximum Gasteiger partial charge on any atom is 0.178 e. The van der Waals surface area contributed by atoms with Gasteiger partial charge in [-0.25, -0.2) is 8.42 Å². The number of aromatic nitrogens is 5. The van der Waals surface area contributed by atoms with Crippen LogP contribution >= 0.6 is 12.2 Å². The van der Waals surface area contributed by atoms with Crippen molar-refractivity contribution in [3.63, 3.8) is 0 Å². The number of hydrogen-bond acceptors (Lipinski definition) is 5. The summed E-state index contributed by atoms with van der Waals surface area (Å²) in [6, 6.07) is 5.13. The molecule has 2 heterocycles. The van der Waals surface area contributed by atoms with Gasteiger partial charge < -0.3 is 9.55 Å². The molecule has 0 radical (unpaired) electrons. The van der Waals surface area contributed by atoms with E-state index < -0.39 is 9.84 Å². The Balaban J connectivity index is 2.08. The molecule has 1 aromatic carbocycles. The first-order chi connectivity index (χ1) is 9.97. The molecule has 0 fully saturated rings. The second-order valence-corrected chi connectivity index (χ2v) is 7.04. The molecule has 21 heavy (non-hydrogen) atoms. The molecule has 0 saturated carbocycles. The van der Waals surface area contributed by atoms with Crippen LogP contribution in [0.25, 0.3) is 11.0 Å². The summed E-state index contributed by atoms with van der Waals surface area (Å²) in [4.78, 5) is 3.24. The monoisotopic (exact) mass is 323 g/mol. The van der Waals surface area contributed by atoms with Crippen LogP contribution in [0, 0.1) is 4.77 Å². The van der Waals surface area contributed by atoms with E-state index in [0.29, 0.717) is 23.4 Å². The molecule has 0 bridgehead atoms. The Morgan fingerprint density at radius 1 is 1.33 bits per heavy atom. The van der Waals surface area contributed by atoms with Gasteiger partial charge in [-0.15, -0.1) is 5.10 Å². The standard InChI is InChI=1S/C12H13N5O2S2/c1-21(18,19)10-4-2-3-9-11(10)14-12(20)17(9)8-7-16-6-5-13-15-16/h2-6H,7-8H2,1H3,(H,14,20). The molecule has 0 aliphatic heterocycles. The number of sulfone groups is 1. The minimum absolute atomic E-state index is 0.255. The van der Waals surface area contributed by atoms with Gasteiger partial charge in [-0.05, 0) is 24.4 Å². The summed E-state index contributed by atoms with van der Waals surface area (Å²) in [5, 5.41) is 7.64. The largest absolute Gasteiger partial charge is 0.329 e. The molecule has 110 valence electrons. The van der Waals surface area contributed by atoms with E-state index in [4.69, 9.17) is 12.2 Å². The lowest BCUT2D eigenvalue weighted by Crippen LogP contribution is -2.08. The number of rotatable bonds is 4. The van der Waals surface area contributed by atoms with Crippen LogP contribution < -0.4 is 0 Å². The van der Waals surface area contributed by atoms with Crippen molar-refractivity contribution in [2.45, 2.75) is 18.0 Å². The van der Waals surface area contributed by atoms with Gasteiger partial charge >= 0.3 is 0 Å². The van der Waals surface area contributed by atoms with Gasteiger partial charge in [0.15, 0.2) is 14.6 Å². The predicted molar refractivity (Wildman–Crippen MR) is 80.3 cm³/mol. The number of H-pyrrole nitrogens is 1. The van der Waals surface area contributed by atoms with Crippen molar-refractivity contribution >= 4 is 33.1 Å². The lowest BCUT2D eigenvalue weighted by molar-refractivity contribution is 0.523. The second kappa shape index (κ2) is 5.08. The normalized spacial score (nSPS) is 12.0. The summed E-state index contributed by atoms with van der Waals surface area (Å²) in [6.45, 7) is 1.18. The molecule has 3 aromatic rings. The Labute approximate surface area is 126 Å². The summed E-state index contributed by atoms with van der Waals surface area (Å²) < 4.78 is 27.7. The van der Waals surface area contributed by atoms with Crippen LogP contribution in [0.2, 0.25) is 0 Å². The Bertz CT molecular complexity index is 938. The molecule has 3 rings (SSSR count). The number of aromatic amines is 1. The van der Waals surface area contributed by atoms with Gasteiger partial charge in [0.2, 0.25) is 0 Å². The molecule has 0 unspecified atom stereocenters. The highest BCUT2D eigenvalue weighted by atomic mass is 32.2. The lowest BCUT2D eigenvalue weighted by Gasteiger charge is -2.05. The zero-order chi connectivity index (χ0) is 15.0. The highest BCUT2D eigenvalue weighted by Crippen LogP contribution is 2.22. The van der Waals surface area contributed by atoms with E-state index in [-0.39, 0.29) is 4.90 Å². The Morgan fingerprint density at radius 3 is 2.81 bits per heavy atom. The molecule has 0 aliphatic rings. The van der Waals surface area contributed by atoms with Crippen LogP contribution in [0.1, 0.15) is 0 Å². The van der Waals surface area contributed by atoms with E-state index in [2.05, 4.69) is 15.3 Å². The Hall–Kier alpha value is -2.00. The van der Waals surface area contributed by atoms with Crippen LogP contribution in [0.3, 0.4) is 0 Å². The van der Waals surface area contributed by atoms with Crippen molar-refractivity contribution in [1.82, 2.24) is 24.5 Å². The Kier molecular flexibility index (Phi) is 3.38. The first-order valence-electron chi connectivity index (χ1n) is 6.22. The predicted octanol–water partition coefficient (Wildman–Crippen LogP) is 1.39. The SMILES string of the molecule is CS(=O)(=O)c1cccc2c1[nH]c(=S)n2CCn1ccnn1. The maximum absolute atomic E-state index is 11.8. The van der Waals surface area contributed by atoms with E-state index in [1.165, 1.54) is 6.26 Å². The van der Waals surface area contributed by atoms with Crippen LogP contribution in [0.4, 0.5) is 0 Å². The summed E-state index contributed by atoms with van der Waals surface area (Å²) in [6.07, 6.45) is 4.56. The van der Waals surface area contributed by atoms with E-state index in [9.17, 15) is 8.42 Å². The van der Waals surface area contributed by atoms with E-state index in [1.54, 1.807) is 29.2 Å². The van der Waals surface area contributed by atoms with Crippen molar-refractivity contribution in [3.8, 4) is 0 Å². The molecule has 1 N–H and O–H groups in total. The molecule has 0 atom stereocenters. The fourth-order valence-corrected chi connectivity index (χ4v) is 3.38. The zero-order valence-corrected chi connectivity index (χ0v) is 12.9. The van der Waals surface area contributed by atoms with Crippen LogP contribution in [-0.2, 0) is 22.9 Å². The van der Waals surface area contributed by atoms with Crippen LogP contribution in [0.5, 0.6) is 0 Å². The van der Waals surface area contributed by atoms with Gasteiger partial charge in [-0.2, -0.15) is 0 Å². The summed E-state index contributed by atoms with van der Waals surface area (Å²) in [7, 11) is -3.31. The molecule has 0 aliphatic carbocycles. The molecule has 2 aromatic heterocycles. The number of para-hydroxylation sites is 1. The first kappa shape index (κ1) is 14.0. The third kappa shape index (κ3) is 2.61. The Morgan fingerprint density at radius 2 is 2.14 bits per heavy atom. The topological polar surface area (TPSA) is 85.6 Å². The van der Waals surface area contributed by atoms with Crippen molar-refractivity contribution in [2.75, 3.05) is 6.26 Å². The third-order valence-electron chi connectivity index (χ3n) is 3.20. The summed E-state index contributed by atoms with van der Waals surface area (Å²) >= 11 is 5.30. The molecular formula is C12H13N5O2S2. The highest BCUT2D eigenvalue weighted by molar-refractivity contribution is 7.91. The smallest absolute Gasteiger partial charge is 0.178 e. The number of nitrogens with zero attached hydrogens (tertiary/aromatic N) is 4. The zero-order valence-electron chi connectivity index (χ0n) is 11.2. The summed E-state index contributed by atoms with van der Waals surface area (Å²) in [5.41, 5.74) is 1.31. The number of nitrogens with one attached hydrogen (secondary N) is 1. The van der Waals surface area contributed by atoms with Crippen LogP contribution in [-0.4, -0.2) is 39.2 Å². The first-order valence-corrected chi connectivity index (χ1v) is 8.52. The second-order valence-electron chi connectivity index (χ2n) is 4.67. The molecule has 0 spiro atoms. The lowest BCUT2D eigenvalue weighted by atomic mass is 10.3. The van der Waals surface area contributed by atoms with Gasteiger partial charge in [0.1, 0.15) is 0 Å². The molecular weight excluding hydrogens is 310 g/mol. The average molecular weight is 323 g/mol. The van der Waals surface area contributed by atoms with Gasteiger partial charge in [-0.3, -0.25) is 4.68 Å². The minimum Gasteiger partial charge on any atom is -0.329 e. The van der Waals surface area contributed by atoms with Gasteiger partial charge in [0.25, 0.3) is 0 Å². The van der Waals surface area contributed by atoms with Crippen molar-refractivity contribution in [1.29, 1.82) is 0 Å². The number of imidazole rings is 1. The quantitative estimate of drug-likeness (QED) is 0.733. The molecule has 0 saturated heterocycles. The van der Waals surface area contributed by atoms with E-state index in [0.717, 1.165) is 5.52 Å². The van der Waals surface area contributed by atoms with Gasteiger partial charge in [0.05, 0.1) is 28.7 Å². The minimum atomic E-state index is -3.31. The fourth-order valence-electron chi connectivity index (χ4n) is 2.24. The molecule has 7 nitrogen and oxygen atoms in total. The number of aryl methyl sites for hydroxylation is 2. The maximum atomic E-state index is 11.8. The third-order valence-corrected chi connectivity index (χ3v) is 4.66. The highest BCUT2D eigenvalue weighted by Gasteiger charge is 2.15. The van der Waals surface area contributed by atoms with Gasteiger partial charge in [-0.1, -0.05) is 11.3 Å². The summed E-state index contributed by atoms with van der Waals surface area (Å²) in [5.74, 6) is 0. The van der Waals surface area contributed by atoms with Crippen molar-refractivity contribution in [2.24, 2.45) is 0 Å². The fraction of sp³-hybridized carbons (Fsp3) is 0.250.